The molecule has 0 radical (unpaired) electrons. The summed E-state index contributed by atoms with van der Waals surface area (Å²) < 4.78 is 32.3. The molecule has 0 aliphatic heterocycles. The molecule has 0 bridgehead atoms. The van der Waals surface area contributed by atoms with E-state index in [2.05, 4.69) is 20.8 Å². The van der Waals surface area contributed by atoms with Gasteiger partial charge in [-0.25, -0.2) is 8.42 Å². The van der Waals surface area contributed by atoms with Crippen LogP contribution in [0.25, 0.3) is 0 Å². The molecule has 0 unspecified atom stereocenters. The van der Waals surface area contributed by atoms with E-state index >= 15 is 0 Å². The zero-order valence-electron chi connectivity index (χ0n) is 19.0. The maximum atomic E-state index is 10.4. The molecule has 6 heteroatoms. The van der Waals surface area contributed by atoms with Gasteiger partial charge < -0.3 is 14.1 Å². The van der Waals surface area contributed by atoms with Crippen molar-refractivity contribution < 1.29 is 22.6 Å². The van der Waals surface area contributed by atoms with E-state index in [1.165, 1.54) is 87.6 Å². The van der Waals surface area contributed by atoms with Crippen LogP contribution in [0.1, 0.15) is 77.7 Å². The largest absolute Gasteiger partial charge is 0.744 e. The molecule has 0 spiro atoms. The molecule has 0 fully saturated rings. The van der Waals surface area contributed by atoms with Gasteiger partial charge in [0.2, 0.25) is 0 Å². The molecule has 0 atom stereocenters. The van der Waals surface area contributed by atoms with E-state index in [1.54, 1.807) is 12.1 Å². The molecule has 0 aliphatic rings. The number of benzene rings is 1. The van der Waals surface area contributed by atoms with Crippen molar-refractivity contribution in [3.05, 3.63) is 29.8 Å². The highest BCUT2D eigenvalue weighted by Crippen LogP contribution is 2.15. The van der Waals surface area contributed by atoms with Crippen LogP contribution in [0.15, 0.2) is 29.2 Å². The summed E-state index contributed by atoms with van der Waals surface area (Å²) in [5.41, 5.74) is 0.928. The first-order valence-electron chi connectivity index (χ1n) is 11.2. The summed E-state index contributed by atoms with van der Waals surface area (Å²) in [4.78, 5) is -0.178. The van der Waals surface area contributed by atoms with Crippen molar-refractivity contribution >= 4 is 10.1 Å². The van der Waals surface area contributed by atoms with E-state index < -0.39 is 10.1 Å². The van der Waals surface area contributed by atoms with Crippen LogP contribution >= 0.6 is 0 Å². The number of hydrogen-bond acceptors (Lipinski definition) is 4. The van der Waals surface area contributed by atoms with Gasteiger partial charge in [-0.3, -0.25) is 0 Å². The van der Waals surface area contributed by atoms with Crippen molar-refractivity contribution in [2.75, 3.05) is 32.8 Å². The van der Waals surface area contributed by atoms with Gasteiger partial charge in [-0.05, 0) is 44.7 Å². The fourth-order valence-electron chi connectivity index (χ4n) is 3.45. The minimum atomic E-state index is -4.27. The number of hydrogen-bond donors (Lipinski definition) is 1. The number of rotatable bonds is 14. The molecular weight excluding hydrogens is 386 g/mol. The Morgan fingerprint density at radius 2 is 1.28 bits per heavy atom. The maximum absolute atomic E-state index is 10.4. The molecule has 0 amide bonds. The van der Waals surface area contributed by atoms with Gasteiger partial charge in [0.05, 0.1) is 31.1 Å². The second-order valence-corrected chi connectivity index (χ2v) is 9.37. The van der Waals surface area contributed by atoms with Gasteiger partial charge in [0.1, 0.15) is 16.7 Å². The summed E-state index contributed by atoms with van der Waals surface area (Å²) in [5, 5.41) is 9.39. The highest BCUT2D eigenvalue weighted by Gasteiger charge is 2.24. The molecule has 1 rings (SSSR count). The Morgan fingerprint density at radius 1 is 0.793 bits per heavy atom. The van der Waals surface area contributed by atoms with Crippen LogP contribution < -0.4 is 0 Å². The Labute approximate surface area is 179 Å². The predicted octanol–water partition coefficient (Wildman–Crippen LogP) is 4.88. The van der Waals surface area contributed by atoms with E-state index in [0.717, 1.165) is 12.1 Å². The van der Waals surface area contributed by atoms with Gasteiger partial charge in [-0.15, -0.1) is 0 Å². The molecule has 0 aliphatic carbocycles. The monoisotopic (exact) mass is 429 g/mol. The number of quaternary nitrogens is 1. The quantitative estimate of drug-likeness (QED) is 0.260. The van der Waals surface area contributed by atoms with E-state index in [0.29, 0.717) is 6.61 Å². The summed E-state index contributed by atoms with van der Waals surface area (Å²) in [6, 6.07) is 5.78. The van der Waals surface area contributed by atoms with Crippen molar-refractivity contribution in [1.29, 1.82) is 0 Å². The minimum Gasteiger partial charge on any atom is -0.744 e. The van der Waals surface area contributed by atoms with E-state index in [1.807, 2.05) is 6.92 Å². The Hall–Kier alpha value is -0.950. The third kappa shape index (κ3) is 13.1. The van der Waals surface area contributed by atoms with Crippen molar-refractivity contribution in [2.45, 2.75) is 84.0 Å². The lowest BCUT2D eigenvalue weighted by Crippen LogP contribution is -2.51. The lowest BCUT2D eigenvalue weighted by atomic mass is 10.1. The van der Waals surface area contributed by atoms with Crippen molar-refractivity contribution in [3.8, 4) is 0 Å². The Bertz CT molecular complexity index is 606. The first-order valence-corrected chi connectivity index (χ1v) is 12.6. The molecule has 0 saturated heterocycles. The summed E-state index contributed by atoms with van der Waals surface area (Å²) in [7, 11) is -4.27. The van der Waals surface area contributed by atoms with Gasteiger partial charge in [-0.2, -0.15) is 0 Å². The zero-order chi connectivity index (χ0) is 22.2. The lowest BCUT2D eigenvalue weighted by Gasteiger charge is -2.38. The Balaban J connectivity index is 0.000000604. The molecular formula is C23H43NO4S. The first kappa shape index (κ1) is 28.1. The highest BCUT2D eigenvalue weighted by molar-refractivity contribution is 7.85. The van der Waals surface area contributed by atoms with Crippen LogP contribution in [0.5, 0.6) is 0 Å². The molecule has 170 valence electrons. The molecule has 1 N–H and O–H groups in total. The van der Waals surface area contributed by atoms with Gasteiger partial charge in [0, 0.05) is 0 Å². The van der Waals surface area contributed by atoms with Crippen LogP contribution in [-0.2, 0) is 10.1 Å². The van der Waals surface area contributed by atoms with Crippen LogP contribution in [0.4, 0.5) is 0 Å². The third-order valence-electron chi connectivity index (χ3n) is 5.34. The second kappa shape index (κ2) is 15.8. The normalized spacial score (nSPS) is 11.8. The number of aryl methyl sites for hydroxylation is 1. The van der Waals surface area contributed by atoms with Gasteiger partial charge >= 0.3 is 0 Å². The molecule has 0 aromatic heterocycles. The van der Waals surface area contributed by atoms with Crippen molar-refractivity contribution in [2.24, 2.45) is 0 Å². The van der Waals surface area contributed by atoms with Gasteiger partial charge in [0.15, 0.2) is 0 Å². The van der Waals surface area contributed by atoms with Crippen LogP contribution in [0.2, 0.25) is 0 Å². The molecule has 5 nitrogen and oxygen atoms in total. The first-order chi connectivity index (χ1) is 13.7. The standard InChI is InChI=1S/C16H36NO.C7H8O3S/c1-4-7-10-11-14-17(15-16-18,12-8-5-2)13-9-6-3;1-6-2-4-7(5-3-6)11(8,9)10/h18H,4-16H2,1-3H3;2-5H,1H3,(H,8,9,10)/q+1;/p-1. The average molecular weight is 430 g/mol. The molecule has 29 heavy (non-hydrogen) atoms. The molecule has 1 aromatic carbocycles. The molecule has 0 saturated carbocycles. The van der Waals surface area contributed by atoms with Crippen LogP contribution in [0, 0.1) is 6.92 Å². The minimum absolute atomic E-state index is 0.178. The van der Waals surface area contributed by atoms with Gasteiger partial charge in [-0.1, -0.05) is 64.2 Å². The van der Waals surface area contributed by atoms with E-state index in [4.69, 9.17) is 0 Å². The lowest BCUT2D eigenvalue weighted by molar-refractivity contribution is -0.929. The Morgan fingerprint density at radius 3 is 1.69 bits per heavy atom. The summed E-state index contributed by atoms with van der Waals surface area (Å²) in [6.07, 6.45) is 10.5. The Kier molecular flexibility index (Phi) is 15.3. The average Bonchev–Trinajstić information content (AvgIpc) is 2.68. The SMILES string of the molecule is CCCCCC[N+](CCO)(CCCC)CCCC.Cc1ccc(S(=O)(=O)[O-])cc1. The van der Waals surface area contributed by atoms with Gasteiger partial charge in [0.25, 0.3) is 0 Å². The second-order valence-electron chi connectivity index (χ2n) is 7.99. The fraction of sp³-hybridized carbons (Fsp3) is 0.739. The summed E-state index contributed by atoms with van der Waals surface area (Å²) in [6.45, 7) is 13.8. The number of aliphatic hydroxyl groups is 1. The number of nitrogens with zero attached hydrogens (tertiary/aromatic N) is 1. The topological polar surface area (TPSA) is 77.4 Å². The fourth-order valence-corrected chi connectivity index (χ4v) is 3.92. The van der Waals surface area contributed by atoms with E-state index in [9.17, 15) is 18.1 Å². The smallest absolute Gasteiger partial charge is 0.124 e. The predicted molar refractivity (Wildman–Crippen MR) is 120 cm³/mol. The van der Waals surface area contributed by atoms with Crippen molar-refractivity contribution in [3.63, 3.8) is 0 Å². The number of unbranched alkanes of at least 4 members (excludes halogenated alkanes) is 5. The number of aliphatic hydroxyl groups excluding tert-OH is 1. The van der Waals surface area contributed by atoms with Crippen molar-refractivity contribution in [1.82, 2.24) is 0 Å². The zero-order valence-corrected chi connectivity index (χ0v) is 19.8. The third-order valence-corrected chi connectivity index (χ3v) is 6.19. The highest BCUT2D eigenvalue weighted by atomic mass is 32.2. The summed E-state index contributed by atoms with van der Waals surface area (Å²) >= 11 is 0. The maximum Gasteiger partial charge on any atom is 0.124 e. The molecule has 0 heterocycles. The van der Waals surface area contributed by atoms with Crippen LogP contribution in [0.3, 0.4) is 0 Å². The van der Waals surface area contributed by atoms with E-state index in [-0.39, 0.29) is 4.90 Å². The summed E-state index contributed by atoms with van der Waals surface area (Å²) in [5.74, 6) is 0. The molecule has 1 aromatic rings. The van der Waals surface area contributed by atoms with Crippen LogP contribution in [-0.4, -0.2) is 55.3 Å².